The zero-order valence-corrected chi connectivity index (χ0v) is 18.5. The van der Waals surface area contributed by atoms with Crippen LogP contribution in [0.25, 0.3) is 11.4 Å². The predicted molar refractivity (Wildman–Crippen MR) is 125 cm³/mol. The average Bonchev–Trinajstić information content (AvgIpc) is 3.21. The topological polar surface area (TPSA) is 99.1 Å². The number of pyridine rings is 1. The molecule has 0 saturated carbocycles. The van der Waals surface area contributed by atoms with E-state index < -0.39 is 4.92 Å². The van der Waals surface area contributed by atoms with E-state index in [9.17, 15) is 10.1 Å². The van der Waals surface area contributed by atoms with Gasteiger partial charge in [0.1, 0.15) is 0 Å². The number of non-ortho nitro benzene ring substituents is 1. The minimum Gasteiger partial charge on any atom is -0.302 e. The van der Waals surface area contributed by atoms with Gasteiger partial charge in [-0.1, -0.05) is 17.7 Å². The van der Waals surface area contributed by atoms with E-state index in [1.165, 1.54) is 23.9 Å². The van der Waals surface area contributed by atoms with Crippen LogP contribution in [-0.2, 0) is 6.54 Å². The first-order chi connectivity index (χ1) is 15.5. The Labute approximate surface area is 193 Å². The third kappa shape index (κ3) is 4.84. The van der Waals surface area contributed by atoms with Gasteiger partial charge in [0, 0.05) is 58.3 Å². The molecule has 160 valence electrons. The van der Waals surface area contributed by atoms with Gasteiger partial charge in [-0.05, 0) is 55.1 Å². The van der Waals surface area contributed by atoms with Crippen LogP contribution < -0.4 is 0 Å². The van der Waals surface area contributed by atoms with Crippen LogP contribution >= 0.6 is 23.4 Å². The second-order valence-corrected chi connectivity index (χ2v) is 8.05. The number of nitro groups is 1. The maximum absolute atomic E-state index is 11.3. The highest BCUT2D eigenvalue weighted by Gasteiger charge is 2.17. The highest BCUT2D eigenvalue weighted by Crippen LogP contribution is 2.33. The van der Waals surface area contributed by atoms with E-state index in [0.29, 0.717) is 28.0 Å². The molecular formula is C22H17ClN6O2S. The van der Waals surface area contributed by atoms with Crippen LogP contribution in [0.1, 0.15) is 12.5 Å². The van der Waals surface area contributed by atoms with Gasteiger partial charge in [0.05, 0.1) is 10.6 Å². The van der Waals surface area contributed by atoms with Crippen molar-refractivity contribution in [3.63, 3.8) is 0 Å². The summed E-state index contributed by atoms with van der Waals surface area (Å²) in [5.41, 5.74) is 2.14. The molecule has 0 unspecified atom stereocenters. The van der Waals surface area contributed by atoms with E-state index >= 15 is 0 Å². The smallest absolute Gasteiger partial charge is 0.270 e. The molecule has 0 aliphatic heterocycles. The van der Waals surface area contributed by atoms with Crippen LogP contribution in [0.3, 0.4) is 0 Å². The van der Waals surface area contributed by atoms with Crippen molar-refractivity contribution in [2.75, 3.05) is 0 Å². The summed E-state index contributed by atoms with van der Waals surface area (Å²) >= 11 is 7.40. The third-order valence-electron chi connectivity index (χ3n) is 4.54. The fraction of sp³-hybridized carbons (Fsp3) is 0.0909. The number of nitrogens with zero attached hydrogens (tertiary/aromatic N) is 6. The number of rotatable bonds is 7. The Morgan fingerprint density at radius 2 is 1.97 bits per heavy atom. The Kier molecular flexibility index (Phi) is 6.58. The van der Waals surface area contributed by atoms with Crippen molar-refractivity contribution in [3.8, 4) is 11.4 Å². The molecule has 0 aliphatic carbocycles. The monoisotopic (exact) mass is 464 g/mol. The Morgan fingerprint density at radius 1 is 1.16 bits per heavy atom. The van der Waals surface area contributed by atoms with E-state index in [2.05, 4.69) is 20.2 Å². The summed E-state index contributed by atoms with van der Waals surface area (Å²) in [6.07, 6.45) is 5.01. The molecular weight excluding hydrogens is 448 g/mol. The van der Waals surface area contributed by atoms with E-state index in [0.717, 1.165) is 16.3 Å². The fourth-order valence-electron chi connectivity index (χ4n) is 3.01. The molecule has 0 amide bonds. The fourth-order valence-corrected chi connectivity index (χ4v) is 4.16. The van der Waals surface area contributed by atoms with Gasteiger partial charge in [-0.25, -0.2) is 0 Å². The first-order valence-electron chi connectivity index (χ1n) is 9.64. The quantitative estimate of drug-likeness (QED) is 0.194. The second kappa shape index (κ2) is 9.71. The largest absolute Gasteiger partial charge is 0.302 e. The first-order valence-corrected chi connectivity index (χ1v) is 10.8. The molecule has 0 spiro atoms. The van der Waals surface area contributed by atoms with Crippen molar-refractivity contribution >= 4 is 41.0 Å². The zero-order valence-electron chi connectivity index (χ0n) is 16.9. The number of benzene rings is 2. The van der Waals surface area contributed by atoms with Crippen molar-refractivity contribution in [1.82, 2.24) is 19.7 Å². The molecule has 2 heterocycles. The molecule has 10 heteroatoms. The molecule has 4 aromatic rings. The molecule has 0 saturated heterocycles. The van der Waals surface area contributed by atoms with Crippen molar-refractivity contribution in [2.24, 2.45) is 4.99 Å². The van der Waals surface area contributed by atoms with Crippen molar-refractivity contribution in [1.29, 1.82) is 0 Å². The third-order valence-corrected chi connectivity index (χ3v) is 5.85. The summed E-state index contributed by atoms with van der Waals surface area (Å²) < 4.78 is 1.99. The van der Waals surface area contributed by atoms with Gasteiger partial charge in [-0.15, -0.1) is 10.2 Å². The standard InChI is InChI=1S/C22H17ClN6O2S/c1-2-28-21(15-8-10-24-11-9-15)26-27-22(28)32-20-7-6-19(29(30)31)12-16(20)14-25-18-5-3-4-17(23)13-18/h3-14H,2H2,1H3. The molecule has 0 atom stereocenters. The van der Waals surface area contributed by atoms with Crippen LogP contribution in [0.5, 0.6) is 0 Å². The highest BCUT2D eigenvalue weighted by atomic mass is 35.5. The van der Waals surface area contributed by atoms with Crippen molar-refractivity contribution in [3.05, 3.63) is 87.7 Å². The van der Waals surface area contributed by atoms with E-state index in [1.807, 2.05) is 23.6 Å². The Balaban J connectivity index is 1.71. The predicted octanol–water partition coefficient (Wildman–Crippen LogP) is 5.82. The van der Waals surface area contributed by atoms with Crippen LogP contribution in [0, 0.1) is 10.1 Å². The van der Waals surface area contributed by atoms with Crippen molar-refractivity contribution in [2.45, 2.75) is 23.5 Å². The average molecular weight is 465 g/mol. The molecule has 4 rings (SSSR count). The van der Waals surface area contributed by atoms with Gasteiger partial charge >= 0.3 is 0 Å². The Morgan fingerprint density at radius 3 is 2.69 bits per heavy atom. The number of aromatic nitrogens is 4. The van der Waals surface area contributed by atoms with Gasteiger partial charge in [0.2, 0.25) is 0 Å². The molecule has 0 bridgehead atoms. The molecule has 0 radical (unpaired) electrons. The van der Waals surface area contributed by atoms with E-state index in [1.54, 1.807) is 48.9 Å². The van der Waals surface area contributed by atoms with Gasteiger partial charge in [-0.3, -0.25) is 20.1 Å². The lowest BCUT2D eigenvalue weighted by Crippen LogP contribution is -2.00. The van der Waals surface area contributed by atoms with Crippen molar-refractivity contribution < 1.29 is 4.92 Å². The normalized spacial score (nSPS) is 11.2. The number of aliphatic imine (C=N–C) groups is 1. The van der Waals surface area contributed by atoms with Gasteiger partial charge in [0.25, 0.3) is 5.69 Å². The first kappa shape index (κ1) is 21.7. The van der Waals surface area contributed by atoms with Crippen LogP contribution in [0.2, 0.25) is 5.02 Å². The van der Waals surface area contributed by atoms with Crippen LogP contribution in [0.15, 0.2) is 82.0 Å². The van der Waals surface area contributed by atoms with Crippen LogP contribution in [-0.4, -0.2) is 30.9 Å². The van der Waals surface area contributed by atoms with E-state index in [-0.39, 0.29) is 5.69 Å². The molecule has 32 heavy (non-hydrogen) atoms. The van der Waals surface area contributed by atoms with Crippen LogP contribution in [0.4, 0.5) is 11.4 Å². The molecule has 0 fully saturated rings. The lowest BCUT2D eigenvalue weighted by Gasteiger charge is -2.09. The Bertz CT molecular complexity index is 1290. The SMILES string of the molecule is CCn1c(Sc2ccc([N+](=O)[O-])cc2C=Nc2cccc(Cl)c2)nnc1-c1ccncc1. The molecule has 2 aromatic heterocycles. The number of hydrogen-bond acceptors (Lipinski definition) is 7. The molecule has 2 aromatic carbocycles. The summed E-state index contributed by atoms with van der Waals surface area (Å²) in [7, 11) is 0. The lowest BCUT2D eigenvalue weighted by atomic mass is 10.2. The number of hydrogen-bond donors (Lipinski definition) is 0. The van der Waals surface area contributed by atoms with Gasteiger partial charge in [-0.2, -0.15) is 0 Å². The molecule has 0 aliphatic rings. The maximum atomic E-state index is 11.3. The minimum atomic E-state index is -0.429. The summed E-state index contributed by atoms with van der Waals surface area (Å²) in [5.74, 6) is 0.730. The maximum Gasteiger partial charge on any atom is 0.270 e. The molecule has 0 N–H and O–H groups in total. The number of halogens is 1. The summed E-state index contributed by atoms with van der Waals surface area (Å²) in [6, 6.07) is 15.5. The summed E-state index contributed by atoms with van der Waals surface area (Å²) in [6.45, 7) is 2.67. The minimum absolute atomic E-state index is 0.0173. The highest BCUT2D eigenvalue weighted by molar-refractivity contribution is 7.99. The molecule has 8 nitrogen and oxygen atoms in total. The Hall–Kier alpha value is -3.56. The number of nitro benzene ring substituents is 1. The van der Waals surface area contributed by atoms with Gasteiger partial charge < -0.3 is 4.57 Å². The van der Waals surface area contributed by atoms with Gasteiger partial charge in [0.15, 0.2) is 11.0 Å². The second-order valence-electron chi connectivity index (χ2n) is 6.61. The van der Waals surface area contributed by atoms with E-state index in [4.69, 9.17) is 11.6 Å². The summed E-state index contributed by atoms with van der Waals surface area (Å²) in [4.78, 5) is 20.1. The lowest BCUT2D eigenvalue weighted by molar-refractivity contribution is -0.384. The summed E-state index contributed by atoms with van der Waals surface area (Å²) in [5, 5.41) is 21.2. The zero-order chi connectivity index (χ0) is 22.5.